The number of carbonyl (C=O) groups is 1. The van der Waals surface area contributed by atoms with Crippen LogP contribution in [0.4, 0.5) is 5.69 Å². The lowest BCUT2D eigenvalue weighted by molar-refractivity contribution is -0.684. The van der Waals surface area contributed by atoms with E-state index in [2.05, 4.69) is 24.0 Å². The minimum absolute atomic E-state index is 0.189. The maximum absolute atomic E-state index is 11.0. The van der Waals surface area contributed by atoms with Gasteiger partial charge < -0.3 is 4.90 Å². The highest BCUT2D eigenvalue weighted by molar-refractivity contribution is 5.73. The summed E-state index contributed by atoms with van der Waals surface area (Å²) in [5.74, 6) is 1.05. The van der Waals surface area contributed by atoms with Gasteiger partial charge in [-0.3, -0.25) is 4.79 Å². The molecule has 1 aromatic heterocycles. The number of hydrogen-bond donors (Lipinski definition) is 0. The highest BCUT2D eigenvalue weighted by Gasteiger charge is 2.16. The van der Waals surface area contributed by atoms with Crippen molar-refractivity contribution >= 4 is 11.5 Å². The van der Waals surface area contributed by atoms with Crippen LogP contribution < -0.4 is 9.47 Å². The second kappa shape index (κ2) is 5.30. The third-order valence-corrected chi connectivity index (χ3v) is 3.43. The Morgan fingerprint density at radius 2 is 1.94 bits per heavy atom. The first-order valence-electron chi connectivity index (χ1n) is 6.38. The minimum atomic E-state index is 0.189. The maximum Gasteiger partial charge on any atom is 0.206 e. The van der Waals surface area contributed by atoms with Crippen molar-refractivity contribution in [1.82, 2.24) is 0 Å². The second-order valence-electron chi connectivity index (χ2n) is 5.10. The summed E-state index contributed by atoms with van der Waals surface area (Å²) in [5, 5.41) is 0. The van der Waals surface area contributed by atoms with Gasteiger partial charge in [0.05, 0.1) is 0 Å². The van der Waals surface area contributed by atoms with Crippen molar-refractivity contribution in [3.63, 3.8) is 0 Å². The monoisotopic (exact) mass is 233 g/mol. The van der Waals surface area contributed by atoms with Gasteiger partial charge >= 0.3 is 0 Å². The van der Waals surface area contributed by atoms with Crippen molar-refractivity contribution in [2.24, 2.45) is 5.92 Å². The number of ketones is 1. The summed E-state index contributed by atoms with van der Waals surface area (Å²) in [6.07, 6.45) is 6.55. The summed E-state index contributed by atoms with van der Waals surface area (Å²) in [6, 6.07) is 4.22. The van der Waals surface area contributed by atoms with Gasteiger partial charge in [0.15, 0.2) is 18.2 Å². The molecule has 3 nitrogen and oxygen atoms in total. The lowest BCUT2D eigenvalue weighted by Gasteiger charge is -2.31. The van der Waals surface area contributed by atoms with E-state index in [1.165, 1.54) is 18.5 Å². The molecule has 1 aromatic rings. The molecule has 2 rings (SSSR count). The first-order chi connectivity index (χ1) is 8.15. The quantitative estimate of drug-likeness (QED) is 0.743. The molecule has 2 heterocycles. The summed E-state index contributed by atoms with van der Waals surface area (Å²) in [4.78, 5) is 13.4. The summed E-state index contributed by atoms with van der Waals surface area (Å²) >= 11 is 0. The predicted octanol–water partition coefficient (Wildman–Crippen LogP) is 1.80. The molecule has 0 bridgehead atoms. The molecule has 1 fully saturated rings. The predicted molar refractivity (Wildman–Crippen MR) is 67.9 cm³/mol. The van der Waals surface area contributed by atoms with E-state index in [4.69, 9.17) is 0 Å². The van der Waals surface area contributed by atoms with Gasteiger partial charge in [-0.05, 0) is 18.8 Å². The van der Waals surface area contributed by atoms with Crippen molar-refractivity contribution < 1.29 is 9.36 Å². The molecule has 0 atom stereocenters. The van der Waals surface area contributed by atoms with Gasteiger partial charge in [-0.25, -0.2) is 0 Å². The van der Waals surface area contributed by atoms with E-state index in [0.29, 0.717) is 6.54 Å². The van der Waals surface area contributed by atoms with E-state index < -0.39 is 0 Å². The zero-order chi connectivity index (χ0) is 12.3. The SMILES string of the molecule is CC(=O)C[n+]1ccc(N2CCC(C)CC2)cc1. The van der Waals surface area contributed by atoms with Gasteiger partial charge in [0.25, 0.3) is 0 Å². The van der Waals surface area contributed by atoms with Crippen LogP contribution in [0.2, 0.25) is 0 Å². The van der Waals surface area contributed by atoms with Gasteiger partial charge in [0.1, 0.15) is 0 Å². The van der Waals surface area contributed by atoms with Crippen LogP contribution in [0.5, 0.6) is 0 Å². The molecule has 1 aliphatic rings. The van der Waals surface area contributed by atoms with Crippen LogP contribution in [0.15, 0.2) is 24.5 Å². The molecule has 92 valence electrons. The molecule has 0 amide bonds. The maximum atomic E-state index is 11.0. The Balaban J connectivity index is 2.00. The Morgan fingerprint density at radius 1 is 1.35 bits per heavy atom. The van der Waals surface area contributed by atoms with Crippen molar-refractivity contribution in [3.8, 4) is 0 Å². The smallest absolute Gasteiger partial charge is 0.206 e. The van der Waals surface area contributed by atoms with Crippen LogP contribution in [-0.2, 0) is 11.3 Å². The van der Waals surface area contributed by atoms with Gasteiger partial charge in [-0.2, -0.15) is 4.57 Å². The summed E-state index contributed by atoms with van der Waals surface area (Å²) in [6.45, 7) is 6.71. The Labute approximate surface area is 103 Å². The highest BCUT2D eigenvalue weighted by atomic mass is 16.1. The third kappa shape index (κ3) is 3.29. The molecule has 1 aliphatic heterocycles. The van der Waals surface area contributed by atoms with E-state index >= 15 is 0 Å². The van der Waals surface area contributed by atoms with Gasteiger partial charge in [0.2, 0.25) is 6.54 Å². The van der Waals surface area contributed by atoms with Gasteiger partial charge in [0, 0.05) is 37.8 Å². The van der Waals surface area contributed by atoms with Gasteiger partial charge in [-0.1, -0.05) is 6.92 Å². The summed E-state index contributed by atoms with van der Waals surface area (Å²) < 4.78 is 1.93. The number of anilines is 1. The molecular formula is C14H21N2O+. The fourth-order valence-corrected chi connectivity index (χ4v) is 2.29. The molecule has 3 heteroatoms. The Kier molecular flexibility index (Phi) is 3.77. The van der Waals surface area contributed by atoms with E-state index in [1.807, 2.05) is 17.0 Å². The summed E-state index contributed by atoms with van der Waals surface area (Å²) in [5.41, 5.74) is 1.27. The Morgan fingerprint density at radius 3 is 2.47 bits per heavy atom. The van der Waals surface area contributed by atoms with Crippen LogP contribution in [0.25, 0.3) is 0 Å². The van der Waals surface area contributed by atoms with Crippen LogP contribution in [0.3, 0.4) is 0 Å². The largest absolute Gasteiger partial charge is 0.371 e. The van der Waals surface area contributed by atoms with E-state index in [1.54, 1.807) is 6.92 Å². The number of carbonyl (C=O) groups excluding carboxylic acids is 1. The lowest BCUT2D eigenvalue weighted by Crippen LogP contribution is -2.37. The fourth-order valence-electron chi connectivity index (χ4n) is 2.29. The number of piperidine rings is 1. The van der Waals surface area contributed by atoms with Crippen LogP contribution >= 0.6 is 0 Å². The topological polar surface area (TPSA) is 24.2 Å². The van der Waals surface area contributed by atoms with Crippen molar-refractivity contribution in [3.05, 3.63) is 24.5 Å². The fraction of sp³-hybridized carbons (Fsp3) is 0.571. The minimum Gasteiger partial charge on any atom is -0.371 e. The standard InChI is InChI=1S/C14H21N2O/c1-12-3-9-16(10-4-12)14-5-7-15(8-6-14)11-13(2)17/h5-8,12H,3-4,9-11H2,1-2H3/q+1. The Hall–Kier alpha value is -1.38. The highest BCUT2D eigenvalue weighted by Crippen LogP contribution is 2.21. The lowest BCUT2D eigenvalue weighted by atomic mass is 9.99. The summed E-state index contributed by atoms with van der Waals surface area (Å²) in [7, 11) is 0. The molecule has 0 unspecified atom stereocenters. The normalized spacial score (nSPS) is 17.2. The molecule has 0 saturated carbocycles. The van der Waals surface area contributed by atoms with Crippen molar-refractivity contribution in [1.29, 1.82) is 0 Å². The molecule has 0 aliphatic carbocycles. The number of hydrogen-bond acceptors (Lipinski definition) is 2. The van der Waals surface area contributed by atoms with Crippen molar-refractivity contribution in [2.75, 3.05) is 18.0 Å². The number of aromatic nitrogens is 1. The average molecular weight is 233 g/mol. The number of rotatable bonds is 3. The van der Waals surface area contributed by atoms with E-state index in [0.717, 1.165) is 19.0 Å². The molecular weight excluding hydrogens is 212 g/mol. The molecule has 0 N–H and O–H groups in total. The molecule has 0 spiro atoms. The third-order valence-electron chi connectivity index (χ3n) is 3.43. The molecule has 1 saturated heterocycles. The number of pyridine rings is 1. The zero-order valence-corrected chi connectivity index (χ0v) is 10.7. The average Bonchev–Trinajstić information content (AvgIpc) is 2.30. The van der Waals surface area contributed by atoms with Crippen molar-refractivity contribution in [2.45, 2.75) is 33.2 Å². The van der Waals surface area contributed by atoms with Crippen LogP contribution in [0, 0.1) is 5.92 Å². The number of Topliss-reactive ketones (excluding diaryl/α,β-unsaturated/α-hetero) is 1. The van der Waals surface area contributed by atoms with Crippen LogP contribution in [0.1, 0.15) is 26.7 Å². The van der Waals surface area contributed by atoms with Gasteiger partial charge in [-0.15, -0.1) is 0 Å². The molecule has 17 heavy (non-hydrogen) atoms. The first kappa shape index (κ1) is 12.1. The van der Waals surface area contributed by atoms with E-state index in [9.17, 15) is 4.79 Å². The zero-order valence-electron chi connectivity index (χ0n) is 10.7. The van der Waals surface area contributed by atoms with E-state index in [-0.39, 0.29) is 5.78 Å². The number of nitrogens with zero attached hydrogens (tertiary/aromatic N) is 2. The Bertz CT molecular complexity index is 378. The molecule has 0 radical (unpaired) electrons. The second-order valence-corrected chi connectivity index (χ2v) is 5.10. The first-order valence-corrected chi connectivity index (χ1v) is 6.38. The molecule has 0 aromatic carbocycles. The van der Waals surface area contributed by atoms with Crippen LogP contribution in [-0.4, -0.2) is 18.9 Å².